The van der Waals surface area contributed by atoms with Gasteiger partial charge in [-0.2, -0.15) is 0 Å². The fourth-order valence-electron chi connectivity index (χ4n) is 4.03. The molecule has 1 aromatic carbocycles. The van der Waals surface area contributed by atoms with Crippen LogP contribution in [-0.2, 0) is 17.8 Å². The molecule has 0 aliphatic carbocycles. The van der Waals surface area contributed by atoms with Gasteiger partial charge in [-0.1, -0.05) is 65.5 Å². The number of Topliss-reactive ketones (excluding diaryl/α,β-unsaturated/α-hetero) is 1. The minimum atomic E-state index is -0.484. The lowest BCUT2D eigenvalue weighted by Gasteiger charge is -2.20. The summed E-state index contributed by atoms with van der Waals surface area (Å²) in [7, 11) is 1.63. The topological polar surface area (TPSA) is 48.3 Å². The third-order valence-electron chi connectivity index (χ3n) is 5.77. The van der Waals surface area contributed by atoms with Gasteiger partial charge in [0.25, 0.3) is 0 Å². The molecule has 1 heterocycles. The largest absolute Gasteiger partial charge is 0.497 e. The summed E-state index contributed by atoms with van der Waals surface area (Å²) in [5.74, 6) is 1.22. The minimum absolute atomic E-state index is 0.106. The van der Waals surface area contributed by atoms with E-state index in [2.05, 4.69) is 31.9 Å². The molecule has 4 nitrogen and oxygen atoms in total. The number of hydrogen-bond acceptors (Lipinski definition) is 3. The molecule has 0 spiro atoms. The van der Waals surface area contributed by atoms with Crippen LogP contribution in [0, 0.1) is 10.8 Å². The number of carbonyl (C=O) groups excluding carboxylic acids is 2. The maximum Gasteiger partial charge on any atom is 0.165 e. The lowest BCUT2D eigenvalue weighted by atomic mass is 9.85. The molecule has 0 atom stereocenters. The van der Waals surface area contributed by atoms with E-state index in [4.69, 9.17) is 16.3 Å². The van der Waals surface area contributed by atoms with Gasteiger partial charge in [0.15, 0.2) is 5.78 Å². The molecule has 0 saturated heterocycles. The van der Waals surface area contributed by atoms with Gasteiger partial charge in [0.2, 0.25) is 0 Å². The first kappa shape index (κ1) is 27.7. The first-order valence-electron chi connectivity index (χ1n) is 11.7. The number of aldehydes is 1. The lowest BCUT2D eigenvalue weighted by molar-refractivity contribution is -0.114. The van der Waals surface area contributed by atoms with Gasteiger partial charge in [0.1, 0.15) is 12.0 Å². The zero-order chi connectivity index (χ0) is 25.5. The van der Waals surface area contributed by atoms with Crippen molar-refractivity contribution < 1.29 is 14.3 Å². The molecule has 0 unspecified atom stereocenters. The Balaban J connectivity index is 2.81. The summed E-state index contributed by atoms with van der Waals surface area (Å²) < 4.78 is 7.69. The van der Waals surface area contributed by atoms with Gasteiger partial charge >= 0.3 is 0 Å². The zero-order valence-electron chi connectivity index (χ0n) is 21.4. The smallest absolute Gasteiger partial charge is 0.165 e. The number of ether oxygens (including phenoxy) is 1. The Hall–Kier alpha value is -2.59. The molecule has 0 radical (unpaired) electrons. The molecular formula is C29H38ClNO3. The highest BCUT2D eigenvalue weighted by molar-refractivity contribution is 6.18. The molecule has 0 aliphatic heterocycles. The molecule has 0 amide bonds. The number of aromatic nitrogens is 1. The van der Waals surface area contributed by atoms with Gasteiger partial charge in [-0.3, -0.25) is 4.79 Å². The second-order valence-electron chi connectivity index (χ2n) is 10.6. The highest BCUT2D eigenvalue weighted by Crippen LogP contribution is 2.35. The summed E-state index contributed by atoms with van der Waals surface area (Å²) in [5.41, 5.74) is 3.02. The molecule has 0 N–H and O–H groups in total. The Labute approximate surface area is 209 Å². The summed E-state index contributed by atoms with van der Waals surface area (Å²) >= 11 is 5.89. The van der Waals surface area contributed by atoms with Crippen molar-refractivity contribution in [2.24, 2.45) is 10.8 Å². The SMILES string of the molecule is C=C/C=C(\C=C/CCl)Cn1c(CCC(C)(C)C=O)c(C(=O)CC(C)(C)C)c2cc(OC)ccc21. The Kier molecular flexibility index (Phi) is 9.52. The van der Waals surface area contributed by atoms with Crippen LogP contribution < -0.4 is 4.74 Å². The second kappa shape index (κ2) is 11.7. The number of halogens is 1. The average molecular weight is 484 g/mol. The van der Waals surface area contributed by atoms with Crippen molar-refractivity contribution in [3.63, 3.8) is 0 Å². The Morgan fingerprint density at radius 3 is 2.47 bits per heavy atom. The number of methoxy groups -OCH3 is 1. The van der Waals surface area contributed by atoms with Gasteiger partial charge < -0.3 is 14.1 Å². The van der Waals surface area contributed by atoms with E-state index in [0.717, 1.165) is 34.0 Å². The summed E-state index contributed by atoms with van der Waals surface area (Å²) in [5, 5.41) is 0.881. The van der Waals surface area contributed by atoms with Crippen molar-refractivity contribution in [1.82, 2.24) is 4.57 Å². The van der Waals surface area contributed by atoms with Gasteiger partial charge in [-0.15, -0.1) is 11.6 Å². The Morgan fingerprint density at radius 1 is 1.21 bits per heavy atom. The Morgan fingerprint density at radius 2 is 1.91 bits per heavy atom. The molecule has 0 saturated carbocycles. The van der Waals surface area contributed by atoms with Crippen LogP contribution >= 0.6 is 11.6 Å². The fraction of sp³-hybridized carbons (Fsp3) is 0.448. The van der Waals surface area contributed by atoms with E-state index in [-0.39, 0.29) is 11.2 Å². The van der Waals surface area contributed by atoms with Crippen LogP contribution in [0.15, 0.2) is 54.7 Å². The van der Waals surface area contributed by atoms with E-state index in [1.165, 1.54) is 0 Å². The molecular weight excluding hydrogens is 446 g/mol. The molecule has 184 valence electrons. The first-order chi connectivity index (χ1) is 16.0. The van der Waals surface area contributed by atoms with E-state index in [1.54, 1.807) is 13.2 Å². The highest BCUT2D eigenvalue weighted by Gasteiger charge is 2.28. The molecule has 34 heavy (non-hydrogen) atoms. The third kappa shape index (κ3) is 7.20. The quantitative estimate of drug-likeness (QED) is 0.137. The van der Waals surface area contributed by atoms with Crippen molar-refractivity contribution in [2.75, 3.05) is 13.0 Å². The van der Waals surface area contributed by atoms with E-state index < -0.39 is 5.41 Å². The number of carbonyl (C=O) groups is 2. The monoisotopic (exact) mass is 483 g/mol. The van der Waals surface area contributed by atoms with Crippen molar-refractivity contribution in [3.8, 4) is 5.75 Å². The molecule has 0 fully saturated rings. The van der Waals surface area contributed by atoms with Gasteiger partial charge in [0, 0.05) is 46.4 Å². The van der Waals surface area contributed by atoms with Crippen LogP contribution in [0.3, 0.4) is 0 Å². The third-order valence-corrected chi connectivity index (χ3v) is 5.94. The molecule has 1 aromatic heterocycles. The molecule has 2 aromatic rings. The molecule has 0 aliphatic rings. The normalized spacial score (nSPS) is 13.0. The lowest BCUT2D eigenvalue weighted by Crippen LogP contribution is -2.18. The predicted molar refractivity (Wildman–Crippen MR) is 143 cm³/mol. The van der Waals surface area contributed by atoms with Gasteiger partial charge in [-0.05, 0) is 42.0 Å². The number of alkyl halides is 1. The van der Waals surface area contributed by atoms with Crippen molar-refractivity contribution >= 4 is 34.6 Å². The van der Waals surface area contributed by atoms with E-state index in [1.807, 2.05) is 50.3 Å². The van der Waals surface area contributed by atoms with Crippen molar-refractivity contribution in [3.05, 3.63) is 65.9 Å². The van der Waals surface area contributed by atoms with Crippen LogP contribution in [0.1, 0.15) is 63.5 Å². The van der Waals surface area contributed by atoms with Crippen LogP contribution in [0.5, 0.6) is 5.75 Å². The van der Waals surface area contributed by atoms with E-state index >= 15 is 0 Å². The van der Waals surface area contributed by atoms with Gasteiger partial charge in [0.05, 0.1) is 7.11 Å². The number of allylic oxidation sites excluding steroid dienone is 5. The average Bonchev–Trinajstić information content (AvgIpc) is 3.07. The summed E-state index contributed by atoms with van der Waals surface area (Å²) in [6.45, 7) is 14.5. The molecule has 2 rings (SSSR count). The number of benzene rings is 1. The molecule has 5 heteroatoms. The minimum Gasteiger partial charge on any atom is -0.497 e. The van der Waals surface area contributed by atoms with Crippen LogP contribution in [0.4, 0.5) is 0 Å². The summed E-state index contributed by atoms with van der Waals surface area (Å²) in [4.78, 5) is 25.3. The number of nitrogens with zero attached hydrogens (tertiary/aromatic N) is 1. The Bertz CT molecular complexity index is 1100. The number of ketones is 1. The maximum absolute atomic E-state index is 13.7. The van der Waals surface area contributed by atoms with Crippen LogP contribution in [0.2, 0.25) is 0 Å². The van der Waals surface area contributed by atoms with Crippen LogP contribution in [-0.4, -0.2) is 29.6 Å². The fourth-order valence-corrected chi connectivity index (χ4v) is 4.11. The van der Waals surface area contributed by atoms with Crippen molar-refractivity contribution in [1.29, 1.82) is 0 Å². The van der Waals surface area contributed by atoms with E-state index in [0.29, 0.717) is 37.4 Å². The highest BCUT2D eigenvalue weighted by atomic mass is 35.5. The number of fused-ring (bicyclic) bond motifs is 1. The first-order valence-corrected chi connectivity index (χ1v) is 12.2. The molecule has 0 bridgehead atoms. The van der Waals surface area contributed by atoms with Crippen molar-refractivity contribution in [2.45, 2.75) is 60.4 Å². The second-order valence-corrected chi connectivity index (χ2v) is 10.9. The number of hydrogen-bond donors (Lipinski definition) is 0. The van der Waals surface area contributed by atoms with Gasteiger partial charge in [-0.25, -0.2) is 0 Å². The zero-order valence-corrected chi connectivity index (χ0v) is 22.2. The van der Waals surface area contributed by atoms with E-state index in [9.17, 15) is 9.59 Å². The predicted octanol–water partition coefficient (Wildman–Crippen LogP) is 7.33. The standard InChI is InChI=1S/C29H38ClNO3/c1-8-10-21(11-9-16-30)19-31-24-13-12-22(34-7)17-23(24)27(26(33)18-28(2,3)4)25(31)14-15-29(5,6)20-32/h8-13,17,20H,1,14-16,18-19H2,2-7H3/b11-9-,21-10+. The summed E-state index contributed by atoms with van der Waals surface area (Å²) in [6, 6.07) is 5.87. The van der Waals surface area contributed by atoms with Crippen LogP contribution in [0.25, 0.3) is 10.9 Å². The number of rotatable bonds is 12. The summed E-state index contributed by atoms with van der Waals surface area (Å²) in [6.07, 6.45) is 10.2. The maximum atomic E-state index is 13.7.